The van der Waals surface area contributed by atoms with Crippen LogP contribution in [0.2, 0.25) is 0 Å². The maximum Gasteiger partial charge on any atom is 0.223 e. The number of hydrogen-bond acceptors (Lipinski definition) is 4. The smallest absolute Gasteiger partial charge is 0.223 e. The van der Waals surface area contributed by atoms with Crippen LogP contribution in [0.5, 0.6) is 0 Å². The highest BCUT2D eigenvalue weighted by Crippen LogP contribution is 2.32. The Balaban J connectivity index is 1.80. The Bertz CT molecular complexity index is 277. The Kier molecular flexibility index (Phi) is 4.97. The highest BCUT2D eigenvalue weighted by atomic mass is 16.5. The number of ether oxygens (including phenoxy) is 2. The molecule has 1 amide bonds. The van der Waals surface area contributed by atoms with E-state index in [9.17, 15) is 4.79 Å². The molecule has 2 aliphatic heterocycles. The number of nitrogens with zero attached hydrogens (tertiary/aromatic N) is 1. The Morgan fingerprint density at radius 2 is 2.11 bits per heavy atom. The normalized spacial score (nSPS) is 30.7. The molecule has 2 N–H and O–H groups in total. The summed E-state index contributed by atoms with van der Waals surface area (Å²) in [6, 6.07) is 0. The van der Waals surface area contributed by atoms with Gasteiger partial charge in [0.1, 0.15) is 0 Å². The molecular formula is C13H24N2O3. The van der Waals surface area contributed by atoms with Gasteiger partial charge in [0.15, 0.2) is 0 Å². The summed E-state index contributed by atoms with van der Waals surface area (Å²) >= 11 is 0. The maximum absolute atomic E-state index is 11.4. The van der Waals surface area contributed by atoms with Crippen molar-refractivity contribution < 1.29 is 14.3 Å². The quantitative estimate of drug-likeness (QED) is 0.765. The second-order valence-corrected chi connectivity index (χ2v) is 5.30. The third-order valence-corrected chi connectivity index (χ3v) is 4.21. The van der Waals surface area contributed by atoms with E-state index in [1.165, 1.54) is 0 Å². The van der Waals surface area contributed by atoms with Crippen molar-refractivity contribution in [2.24, 2.45) is 17.6 Å². The zero-order chi connectivity index (χ0) is 13.0. The van der Waals surface area contributed by atoms with Crippen molar-refractivity contribution in [1.82, 2.24) is 4.90 Å². The molecule has 2 fully saturated rings. The SMILES string of the molecule is COCCN1CCC([C@H]2OCC[C@@H]2C(N)=O)CC1. The van der Waals surface area contributed by atoms with Crippen molar-refractivity contribution in [3.05, 3.63) is 0 Å². The lowest BCUT2D eigenvalue weighted by Gasteiger charge is -2.35. The number of amides is 1. The molecule has 0 aromatic heterocycles. The number of hydrogen-bond donors (Lipinski definition) is 1. The van der Waals surface area contributed by atoms with E-state index in [1.54, 1.807) is 7.11 Å². The van der Waals surface area contributed by atoms with Crippen LogP contribution in [0, 0.1) is 11.8 Å². The summed E-state index contributed by atoms with van der Waals surface area (Å²) in [5.41, 5.74) is 5.44. The summed E-state index contributed by atoms with van der Waals surface area (Å²) in [4.78, 5) is 13.8. The average molecular weight is 256 g/mol. The van der Waals surface area contributed by atoms with E-state index >= 15 is 0 Å². The van der Waals surface area contributed by atoms with Gasteiger partial charge in [-0.2, -0.15) is 0 Å². The van der Waals surface area contributed by atoms with Crippen LogP contribution in [-0.2, 0) is 14.3 Å². The lowest BCUT2D eigenvalue weighted by Crippen LogP contribution is -2.42. The monoisotopic (exact) mass is 256 g/mol. The van der Waals surface area contributed by atoms with Crippen LogP contribution in [-0.4, -0.2) is 56.9 Å². The molecule has 0 aromatic rings. The van der Waals surface area contributed by atoms with Crippen molar-refractivity contribution in [3.8, 4) is 0 Å². The van der Waals surface area contributed by atoms with Crippen molar-refractivity contribution in [3.63, 3.8) is 0 Å². The van der Waals surface area contributed by atoms with E-state index in [0.717, 1.165) is 45.5 Å². The number of rotatable bonds is 5. The molecule has 2 saturated heterocycles. The molecule has 0 saturated carbocycles. The molecule has 2 rings (SSSR count). The Hall–Kier alpha value is -0.650. The molecule has 0 radical (unpaired) electrons. The minimum atomic E-state index is -0.195. The molecule has 5 nitrogen and oxygen atoms in total. The van der Waals surface area contributed by atoms with E-state index in [4.69, 9.17) is 15.2 Å². The fraction of sp³-hybridized carbons (Fsp3) is 0.923. The lowest BCUT2D eigenvalue weighted by atomic mass is 9.84. The predicted octanol–water partition coefficient (Wildman–Crippen LogP) is 0.235. The van der Waals surface area contributed by atoms with Gasteiger partial charge in [0, 0.05) is 20.3 Å². The fourth-order valence-electron chi connectivity index (χ4n) is 3.11. The van der Waals surface area contributed by atoms with Crippen LogP contribution in [0.1, 0.15) is 19.3 Å². The van der Waals surface area contributed by atoms with Gasteiger partial charge in [-0.15, -0.1) is 0 Å². The molecule has 0 aliphatic carbocycles. The molecule has 2 heterocycles. The van der Waals surface area contributed by atoms with E-state index < -0.39 is 0 Å². The van der Waals surface area contributed by atoms with Crippen LogP contribution >= 0.6 is 0 Å². The third-order valence-electron chi connectivity index (χ3n) is 4.21. The Morgan fingerprint density at radius 1 is 1.39 bits per heavy atom. The van der Waals surface area contributed by atoms with E-state index in [0.29, 0.717) is 12.5 Å². The molecule has 0 spiro atoms. The van der Waals surface area contributed by atoms with Gasteiger partial charge < -0.3 is 20.1 Å². The van der Waals surface area contributed by atoms with Gasteiger partial charge in [-0.25, -0.2) is 0 Å². The van der Waals surface area contributed by atoms with Crippen molar-refractivity contribution in [2.45, 2.75) is 25.4 Å². The number of primary amides is 1. The number of carbonyl (C=O) groups is 1. The predicted molar refractivity (Wildman–Crippen MR) is 68.1 cm³/mol. The molecular weight excluding hydrogens is 232 g/mol. The van der Waals surface area contributed by atoms with Gasteiger partial charge in [-0.1, -0.05) is 0 Å². The zero-order valence-corrected chi connectivity index (χ0v) is 11.1. The van der Waals surface area contributed by atoms with Gasteiger partial charge in [0.25, 0.3) is 0 Å². The Morgan fingerprint density at radius 3 is 2.72 bits per heavy atom. The van der Waals surface area contributed by atoms with Gasteiger partial charge in [-0.05, 0) is 38.3 Å². The number of likely N-dealkylation sites (tertiary alicyclic amines) is 1. The topological polar surface area (TPSA) is 64.8 Å². The van der Waals surface area contributed by atoms with Crippen LogP contribution in [0.3, 0.4) is 0 Å². The van der Waals surface area contributed by atoms with Crippen LogP contribution < -0.4 is 5.73 Å². The summed E-state index contributed by atoms with van der Waals surface area (Å²) in [5.74, 6) is 0.226. The number of methoxy groups -OCH3 is 1. The fourth-order valence-corrected chi connectivity index (χ4v) is 3.11. The lowest BCUT2D eigenvalue weighted by molar-refractivity contribution is -0.124. The molecule has 2 aliphatic rings. The molecule has 0 bridgehead atoms. The Labute approximate surface area is 109 Å². The van der Waals surface area contributed by atoms with Gasteiger partial charge in [0.2, 0.25) is 5.91 Å². The largest absolute Gasteiger partial charge is 0.383 e. The molecule has 104 valence electrons. The minimum absolute atomic E-state index is 0.0621. The first-order valence-corrected chi connectivity index (χ1v) is 6.84. The molecule has 5 heteroatoms. The molecule has 18 heavy (non-hydrogen) atoms. The van der Waals surface area contributed by atoms with Gasteiger partial charge in [0.05, 0.1) is 18.6 Å². The van der Waals surface area contributed by atoms with Crippen molar-refractivity contribution in [2.75, 3.05) is 40.0 Å². The molecule has 0 aromatic carbocycles. The first kappa shape index (κ1) is 13.8. The highest BCUT2D eigenvalue weighted by Gasteiger charge is 2.39. The maximum atomic E-state index is 11.4. The highest BCUT2D eigenvalue weighted by molar-refractivity contribution is 5.77. The van der Waals surface area contributed by atoms with E-state index in [1.807, 2.05) is 0 Å². The van der Waals surface area contributed by atoms with Crippen LogP contribution in [0.15, 0.2) is 0 Å². The van der Waals surface area contributed by atoms with Crippen molar-refractivity contribution >= 4 is 5.91 Å². The summed E-state index contributed by atoms with van der Waals surface area (Å²) in [6.07, 6.45) is 3.05. The summed E-state index contributed by atoms with van der Waals surface area (Å²) in [5, 5.41) is 0. The third kappa shape index (κ3) is 3.22. The molecule has 2 atom stereocenters. The summed E-state index contributed by atoms with van der Waals surface area (Å²) in [7, 11) is 1.73. The zero-order valence-electron chi connectivity index (χ0n) is 11.1. The van der Waals surface area contributed by atoms with Gasteiger partial charge in [-0.3, -0.25) is 4.79 Å². The van der Waals surface area contributed by atoms with E-state index in [-0.39, 0.29) is 17.9 Å². The number of nitrogens with two attached hydrogens (primary N) is 1. The first-order chi connectivity index (χ1) is 8.72. The summed E-state index contributed by atoms with van der Waals surface area (Å²) in [6.45, 7) is 4.60. The average Bonchev–Trinajstić information content (AvgIpc) is 2.86. The second kappa shape index (κ2) is 6.50. The van der Waals surface area contributed by atoms with E-state index in [2.05, 4.69) is 4.90 Å². The van der Waals surface area contributed by atoms with Crippen molar-refractivity contribution in [1.29, 1.82) is 0 Å². The number of piperidine rings is 1. The standard InChI is InChI=1S/C13H24N2O3/c1-17-9-7-15-5-2-10(3-6-15)12-11(13(14)16)4-8-18-12/h10-12H,2-9H2,1H3,(H2,14,16)/t11-,12+/m0/s1. The number of carbonyl (C=O) groups excluding carboxylic acids is 1. The van der Waals surface area contributed by atoms with Crippen LogP contribution in [0.25, 0.3) is 0 Å². The van der Waals surface area contributed by atoms with Crippen LogP contribution in [0.4, 0.5) is 0 Å². The molecule has 0 unspecified atom stereocenters. The first-order valence-electron chi connectivity index (χ1n) is 6.84. The van der Waals surface area contributed by atoms with Gasteiger partial charge >= 0.3 is 0 Å². The minimum Gasteiger partial charge on any atom is -0.383 e. The summed E-state index contributed by atoms with van der Waals surface area (Å²) < 4.78 is 10.8. The second-order valence-electron chi connectivity index (χ2n) is 5.30.